The third-order valence-corrected chi connectivity index (χ3v) is 12.0. The zero-order valence-corrected chi connectivity index (χ0v) is 31.8. The van der Waals surface area contributed by atoms with E-state index in [0.717, 1.165) is 61.1 Å². The lowest BCUT2D eigenvalue weighted by Crippen LogP contribution is -2.01. The molecule has 5 heteroatoms. The van der Waals surface area contributed by atoms with Crippen molar-refractivity contribution in [3.05, 3.63) is 206 Å². The number of pyridine rings is 1. The summed E-state index contributed by atoms with van der Waals surface area (Å²) < 4.78 is 7.13. The second-order valence-electron chi connectivity index (χ2n) is 15.1. The van der Waals surface area contributed by atoms with Gasteiger partial charge in [-0.3, -0.25) is 4.98 Å². The van der Waals surface area contributed by atoms with Crippen molar-refractivity contribution in [3.63, 3.8) is 0 Å². The van der Waals surface area contributed by atoms with Gasteiger partial charge in [-0.2, -0.15) is 5.26 Å². The van der Waals surface area contributed by atoms with Gasteiger partial charge in [0.25, 0.3) is 0 Å². The van der Waals surface area contributed by atoms with Crippen molar-refractivity contribution >= 4 is 65.4 Å². The molecule has 12 aromatic rings. The van der Waals surface area contributed by atoms with Gasteiger partial charge in [-0.25, -0.2) is 0 Å². The zero-order valence-electron chi connectivity index (χ0n) is 31.8. The molecular weight excluding hydrogens is 719 g/mol. The minimum atomic E-state index is 0.602. The Morgan fingerprint density at radius 1 is 0.356 bits per heavy atom. The molecule has 4 heterocycles. The number of nitrogens with zero attached hydrogens (tertiary/aromatic N) is 5. The smallest absolute Gasteiger partial charge is 0.0998 e. The summed E-state index contributed by atoms with van der Waals surface area (Å²) >= 11 is 0. The number of para-hydroxylation sites is 4. The average molecular weight is 752 g/mol. The van der Waals surface area contributed by atoms with Gasteiger partial charge in [0, 0.05) is 67.2 Å². The highest BCUT2D eigenvalue weighted by Gasteiger charge is 2.22. The first kappa shape index (κ1) is 33.0. The first-order valence-corrected chi connectivity index (χ1v) is 19.8. The Morgan fingerprint density at radius 3 is 1.25 bits per heavy atom. The van der Waals surface area contributed by atoms with Crippen molar-refractivity contribution in [3.8, 4) is 45.4 Å². The lowest BCUT2D eigenvalue weighted by molar-refractivity contribution is 1.16. The fourth-order valence-corrected chi connectivity index (χ4v) is 9.42. The molecule has 0 aliphatic rings. The Morgan fingerprint density at radius 2 is 0.780 bits per heavy atom. The van der Waals surface area contributed by atoms with Crippen molar-refractivity contribution in [1.29, 1.82) is 5.26 Å². The number of fused-ring (bicyclic) bond motifs is 9. The summed E-state index contributed by atoms with van der Waals surface area (Å²) in [4.78, 5) is 4.26. The van der Waals surface area contributed by atoms with Crippen molar-refractivity contribution < 1.29 is 0 Å². The Hall–Kier alpha value is -8.20. The zero-order chi connectivity index (χ0) is 39.0. The lowest BCUT2D eigenvalue weighted by Gasteiger charge is -2.18. The second-order valence-corrected chi connectivity index (χ2v) is 15.1. The highest BCUT2D eigenvalue weighted by Crippen LogP contribution is 2.42. The molecule has 12 rings (SSSR count). The summed E-state index contributed by atoms with van der Waals surface area (Å²) in [6.45, 7) is 0. The summed E-state index contributed by atoms with van der Waals surface area (Å²) in [5.74, 6) is 0. The van der Waals surface area contributed by atoms with E-state index in [0.29, 0.717) is 5.56 Å². The Labute approximate surface area is 339 Å². The van der Waals surface area contributed by atoms with E-state index in [9.17, 15) is 5.26 Å². The number of hydrogen-bond donors (Lipinski definition) is 0. The van der Waals surface area contributed by atoms with Gasteiger partial charge in [0.05, 0.1) is 50.4 Å². The van der Waals surface area contributed by atoms with E-state index < -0.39 is 0 Å². The quantitative estimate of drug-likeness (QED) is 0.176. The van der Waals surface area contributed by atoms with Gasteiger partial charge in [-0.05, 0) is 96.1 Å². The third-order valence-electron chi connectivity index (χ3n) is 12.0. The predicted octanol–water partition coefficient (Wildman–Crippen LogP) is 13.6. The fourth-order valence-electron chi connectivity index (χ4n) is 9.42. The van der Waals surface area contributed by atoms with E-state index in [4.69, 9.17) is 0 Å². The minimum absolute atomic E-state index is 0.602. The van der Waals surface area contributed by atoms with Gasteiger partial charge < -0.3 is 13.7 Å². The first-order valence-electron chi connectivity index (χ1n) is 19.8. The molecule has 0 saturated heterocycles. The molecule has 0 spiro atoms. The van der Waals surface area contributed by atoms with Crippen LogP contribution in [0.5, 0.6) is 0 Å². The van der Waals surface area contributed by atoms with E-state index in [2.05, 4.69) is 195 Å². The maximum Gasteiger partial charge on any atom is 0.0998 e. The Bertz CT molecular complexity index is 3400. The summed E-state index contributed by atoms with van der Waals surface area (Å²) in [5, 5.41) is 17.9. The highest BCUT2D eigenvalue weighted by atomic mass is 15.0. The van der Waals surface area contributed by atoms with Gasteiger partial charge >= 0.3 is 0 Å². The molecule has 5 nitrogen and oxygen atoms in total. The number of hydrogen-bond acceptors (Lipinski definition) is 2. The van der Waals surface area contributed by atoms with Gasteiger partial charge in [0.2, 0.25) is 0 Å². The molecule has 0 aliphatic carbocycles. The summed E-state index contributed by atoms with van der Waals surface area (Å²) in [6, 6.07) is 69.6. The largest absolute Gasteiger partial charge is 0.309 e. The van der Waals surface area contributed by atoms with E-state index in [-0.39, 0.29) is 0 Å². The number of benzene rings is 8. The van der Waals surface area contributed by atoms with E-state index in [1.807, 2.05) is 18.2 Å². The summed E-state index contributed by atoms with van der Waals surface area (Å²) in [6.07, 6.45) is 3.56. The highest BCUT2D eigenvalue weighted by molar-refractivity contribution is 6.14. The van der Waals surface area contributed by atoms with Crippen LogP contribution in [0.25, 0.3) is 105 Å². The fraction of sp³-hybridized carbons (Fsp3) is 0. The molecule has 274 valence electrons. The monoisotopic (exact) mass is 751 g/mol. The molecule has 0 atom stereocenters. The molecular formula is C54H33N5. The molecule has 0 N–H and O–H groups in total. The third kappa shape index (κ3) is 4.94. The van der Waals surface area contributed by atoms with Gasteiger partial charge in [-0.15, -0.1) is 0 Å². The van der Waals surface area contributed by atoms with E-state index in [1.165, 1.54) is 43.6 Å². The lowest BCUT2D eigenvalue weighted by atomic mass is 9.93. The van der Waals surface area contributed by atoms with Crippen molar-refractivity contribution in [2.75, 3.05) is 0 Å². The van der Waals surface area contributed by atoms with Crippen molar-refractivity contribution in [2.24, 2.45) is 0 Å². The topological polar surface area (TPSA) is 51.5 Å². The van der Waals surface area contributed by atoms with Crippen LogP contribution in [0.15, 0.2) is 200 Å². The van der Waals surface area contributed by atoms with Crippen LogP contribution in [0, 0.1) is 11.3 Å². The van der Waals surface area contributed by atoms with Crippen LogP contribution in [0.3, 0.4) is 0 Å². The van der Waals surface area contributed by atoms with Gasteiger partial charge in [-0.1, -0.05) is 103 Å². The molecule has 0 saturated carbocycles. The number of nitriles is 1. The molecule has 59 heavy (non-hydrogen) atoms. The molecule has 0 bridgehead atoms. The maximum atomic E-state index is 10.7. The molecule has 0 aliphatic heterocycles. The van der Waals surface area contributed by atoms with Crippen LogP contribution >= 0.6 is 0 Å². The van der Waals surface area contributed by atoms with Crippen LogP contribution in [-0.4, -0.2) is 18.7 Å². The van der Waals surface area contributed by atoms with Crippen LogP contribution < -0.4 is 0 Å². The van der Waals surface area contributed by atoms with Crippen molar-refractivity contribution in [2.45, 2.75) is 0 Å². The normalized spacial score (nSPS) is 11.7. The Balaban J connectivity index is 1.20. The maximum absolute atomic E-state index is 10.7. The van der Waals surface area contributed by atoms with Gasteiger partial charge in [0.15, 0.2) is 0 Å². The Kier molecular flexibility index (Phi) is 7.22. The minimum Gasteiger partial charge on any atom is -0.309 e. The molecule has 0 amide bonds. The van der Waals surface area contributed by atoms with Crippen LogP contribution in [0.2, 0.25) is 0 Å². The van der Waals surface area contributed by atoms with Crippen LogP contribution in [0.4, 0.5) is 0 Å². The van der Waals surface area contributed by atoms with Crippen LogP contribution in [-0.2, 0) is 0 Å². The van der Waals surface area contributed by atoms with Crippen LogP contribution in [0.1, 0.15) is 5.56 Å². The van der Waals surface area contributed by atoms with E-state index >= 15 is 0 Å². The van der Waals surface area contributed by atoms with E-state index in [1.54, 1.807) is 12.4 Å². The summed E-state index contributed by atoms with van der Waals surface area (Å²) in [5.41, 5.74) is 14.4. The SMILES string of the molecule is N#Cc1cc(-n2c3ccc(-n4c5ccccc5c5ccccc54)cc3c3cc(-n4c5ccccc5c5ccccc54)ccc32)c(-c2ccccc2)cc1-c1ccncc1. The molecule has 0 radical (unpaired) electrons. The molecule has 8 aromatic carbocycles. The predicted molar refractivity (Wildman–Crippen MR) is 243 cm³/mol. The first-order chi connectivity index (χ1) is 29.2. The number of rotatable bonds is 5. The standard InChI is InChI=1S/C54H33N5/c55-34-37-30-54(45(35-12-2-1-3-13-35)33-44(37)36-26-28-56-29-27-36)59-52-24-22-38(57-48-18-8-4-14-40(48)41-15-5-9-19-49(41)57)31-46(52)47-32-39(23-25-53(47)59)58-50-20-10-6-16-42(50)43-17-7-11-21-51(43)58/h1-33H. The average Bonchev–Trinajstić information content (AvgIpc) is 3.94. The molecule has 4 aromatic heterocycles. The summed E-state index contributed by atoms with van der Waals surface area (Å²) in [7, 11) is 0. The molecule has 0 unspecified atom stereocenters. The van der Waals surface area contributed by atoms with Crippen molar-refractivity contribution in [1.82, 2.24) is 18.7 Å². The number of aromatic nitrogens is 4. The molecule has 0 fully saturated rings. The second kappa shape index (κ2) is 12.9. The van der Waals surface area contributed by atoms with Gasteiger partial charge in [0.1, 0.15) is 0 Å².